The maximum atomic E-state index is 8.50. The largest absolute Gasteiger partial charge is 0.339 e. The molecular weight excluding hydrogens is 214 g/mol. The Morgan fingerprint density at radius 3 is 2.76 bits per heavy atom. The van der Waals surface area contributed by atoms with Gasteiger partial charge in [-0.1, -0.05) is 19.0 Å². The molecule has 1 heterocycles. The lowest BCUT2D eigenvalue weighted by atomic mass is 9.73. The lowest BCUT2D eigenvalue weighted by molar-refractivity contribution is 0.218. The lowest BCUT2D eigenvalue weighted by Gasteiger charge is -2.32. The SMILES string of the molecule is CC1(C)CCC(c2noc(CCC#N)n2)CC1. The van der Waals surface area contributed by atoms with E-state index in [4.69, 9.17) is 9.78 Å². The first-order valence-electron chi connectivity index (χ1n) is 6.30. The smallest absolute Gasteiger partial charge is 0.227 e. The second kappa shape index (κ2) is 4.87. The highest BCUT2D eigenvalue weighted by atomic mass is 16.5. The number of nitriles is 1. The van der Waals surface area contributed by atoms with Crippen LogP contribution in [0.4, 0.5) is 0 Å². The summed E-state index contributed by atoms with van der Waals surface area (Å²) in [6.07, 6.45) is 5.75. The quantitative estimate of drug-likeness (QED) is 0.804. The molecule has 0 N–H and O–H groups in total. The molecular formula is C13H19N3O. The Balaban J connectivity index is 1.95. The predicted molar refractivity (Wildman–Crippen MR) is 63.2 cm³/mol. The van der Waals surface area contributed by atoms with Gasteiger partial charge in [0.05, 0.1) is 6.07 Å². The van der Waals surface area contributed by atoms with Crippen molar-refractivity contribution < 1.29 is 4.52 Å². The van der Waals surface area contributed by atoms with Crippen molar-refractivity contribution in [2.24, 2.45) is 5.41 Å². The molecule has 0 amide bonds. The van der Waals surface area contributed by atoms with Crippen LogP contribution in [0.5, 0.6) is 0 Å². The minimum absolute atomic E-state index is 0.444. The van der Waals surface area contributed by atoms with Crippen LogP contribution in [0.2, 0.25) is 0 Å². The maximum Gasteiger partial charge on any atom is 0.227 e. The number of rotatable bonds is 3. The molecule has 0 bridgehead atoms. The first-order valence-corrected chi connectivity index (χ1v) is 6.30. The Morgan fingerprint density at radius 1 is 1.41 bits per heavy atom. The van der Waals surface area contributed by atoms with Gasteiger partial charge in [-0.3, -0.25) is 0 Å². The van der Waals surface area contributed by atoms with Gasteiger partial charge < -0.3 is 4.52 Å². The second-order valence-electron chi connectivity index (χ2n) is 5.64. The molecule has 0 atom stereocenters. The van der Waals surface area contributed by atoms with E-state index in [1.54, 1.807) is 0 Å². The van der Waals surface area contributed by atoms with Crippen molar-refractivity contribution in [2.75, 3.05) is 0 Å². The number of aryl methyl sites for hydroxylation is 1. The highest BCUT2D eigenvalue weighted by Gasteiger charge is 2.29. The molecule has 1 fully saturated rings. The van der Waals surface area contributed by atoms with Crippen molar-refractivity contribution in [1.82, 2.24) is 10.1 Å². The molecule has 0 unspecified atom stereocenters. The zero-order valence-corrected chi connectivity index (χ0v) is 10.6. The van der Waals surface area contributed by atoms with E-state index in [2.05, 4.69) is 30.1 Å². The van der Waals surface area contributed by atoms with Crippen LogP contribution in [0, 0.1) is 16.7 Å². The van der Waals surface area contributed by atoms with E-state index in [1.807, 2.05) is 0 Å². The molecule has 17 heavy (non-hydrogen) atoms. The predicted octanol–water partition coefficient (Wildman–Crippen LogP) is 3.21. The number of aromatic nitrogens is 2. The fourth-order valence-electron chi connectivity index (χ4n) is 2.36. The van der Waals surface area contributed by atoms with Gasteiger partial charge in [0.1, 0.15) is 0 Å². The molecule has 0 aromatic carbocycles. The van der Waals surface area contributed by atoms with Gasteiger partial charge in [-0.2, -0.15) is 10.2 Å². The normalized spacial score (nSPS) is 20.1. The van der Waals surface area contributed by atoms with E-state index < -0.39 is 0 Å². The van der Waals surface area contributed by atoms with Crippen LogP contribution in [-0.4, -0.2) is 10.1 Å². The van der Waals surface area contributed by atoms with Crippen molar-refractivity contribution in [3.8, 4) is 6.07 Å². The average Bonchev–Trinajstić information content (AvgIpc) is 2.75. The van der Waals surface area contributed by atoms with Crippen LogP contribution < -0.4 is 0 Å². The van der Waals surface area contributed by atoms with Crippen LogP contribution in [0.1, 0.15) is 63.6 Å². The third-order valence-electron chi connectivity index (χ3n) is 3.64. The molecule has 0 saturated heterocycles. The van der Waals surface area contributed by atoms with Gasteiger partial charge in [-0.15, -0.1) is 0 Å². The van der Waals surface area contributed by atoms with E-state index in [0.29, 0.717) is 30.1 Å². The Kier molecular flexibility index (Phi) is 3.46. The lowest BCUT2D eigenvalue weighted by Crippen LogP contribution is -2.20. The van der Waals surface area contributed by atoms with Gasteiger partial charge in [0, 0.05) is 18.8 Å². The first kappa shape index (κ1) is 12.1. The summed E-state index contributed by atoms with van der Waals surface area (Å²) >= 11 is 0. The van der Waals surface area contributed by atoms with Crippen LogP contribution >= 0.6 is 0 Å². The van der Waals surface area contributed by atoms with Gasteiger partial charge in [-0.25, -0.2) is 0 Å². The second-order valence-corrected chi connectivity index (χ2v) is 5.64. The first-order chi connectivity index (χ1) is 8.11. The molecule has 4 nitrogen and oxygen atoms in total. The Labute approximate surface area is 102 Å². The topological polar surface area (TPSA) is 62.7 Å². The summed E-state index contributed by atoms with van der Waals surface area (Å²) in [6, 6.07) is 2.09. The Morgan fingerprint density at radius 2 is 2.12 bits per heavy atom. The molecule has 92 valence electrons. The molecule has 0 radical (unpaired) electrons. The molecule has 1 aliphatic carbocycles. The van der Waals surface area contributed by atoms with Crippen molar-refractivity contribution in [3.05, 3.63) is 11.7 Å². The molecule has 0 spiro atoms. The highest BCUT2D eigenvalue weighted by Crippen LogP contribution is 2.41. The molecule has 4 heteroatoms. The summed E-state index contributed by atoms with van der Waals surface area (Å²) < 4.78 is 5.16. The van der Waals surface area contributed by atoms with Crippen LogP contribution in [0.15, 0.2) is 4.52 Å². The van der Waals surface area contributed by atoms with Crippen molar-refractivity contribution in [1.29, 1.82) is 5.26 Å². The molecule has 2 rings (SSSR count). The fourth-order valence-corrected chi connectivity index (χ4v) is 2.36. The van der Waals surface area contributed by atoms with E-state index in [-0.39, 0.29) is 0 Å². The van der Waals surface area contributed by atoms with E-state index >= 15 is 0 Å². The van der Waals surface area contributed by atoms with Gasteiger partial charge in [-0.05, 0) is 31.1 Å². The zero-order valence-electron chi connectivity index (χ0n) is 10.6. The maximum absolute atomic E-state index is 8.50. The van der Waals surface area contributed by atoms with Crippen LogP contribution in [0.3, 0.4) is 0 Å². The molecule has 1 aliphatic rings. The monoisotopic (exact) mass is 233 g/mol. The van der Waals surface area contributed by atoms with Gasteiger partial charge in [0.2, 0.25) is 5.89 Å². The van der Waals surface area contributed by atoms with Gasteiger partial charge in [0.15, 0.2) is 5.82 Å². The van der Waals surface area contributed by atoms with Crippen LogP contribution in [-0.2, 0) is 6.42 Å². The van der Waals surface area contributed by atoms with E-state index in [1.165, 1.54) is 12.8 Å². The summed E-state index contributed by atoms with van der Waals surface area (Å²) in [5, 5.41) is 12.5. The third-order valence-corrected chi connectivity index (χ3v) is 3.64. The van der Waals surface area contributed by atoms with Gasteiger partial charge in [0.25, 0.3) is 0 Å². The minimum atomic E-state index is 0.444. The van der Waals surface area contributed by atoms with Gasteiger partial charge >= 0.3 is 0 Å². The summed E-state index contributed by atoms with van der Waals surface area (Å²) in [5.74, 6) is 1.89. The summed E-state index contributed by atoms with van der Waals surface area (Å²) in [5.41, 5.74) is 0.462. The molecule has 1 aromatic rings. The molecule has 1 saturated carbocycles. The van der Waals surface area contributed by atoms with Crippen molar-refractivity contribution in [3.63, 3.8) is 0 Å². The number of hydrogen-bond acceptors (Lipinski definition) is 4. The average molecular weight is 233 g/mol. The van der Waals surface area contributed by atoms with E-state index in [9.17, 15) is 0 Å². The number of nitrogens with zero attached hydrogens (tertiary/aromatic N) is 3. The zero-order chi connectivity index (χ0) is 12.3. The van der Waals surface area contributed by atoms with E-state index in [0.717, 1.165) is 18.7 Å². The molecule has 0 aliphatic heterocycles. The third kappa shape index (κ3) is 3.06. The summed E-state index contributed by atoms with van der Waals surface area (Å²) in [6.45, 7) is 4.63. The number of hydrogen-bond donors (Lipinski definition) is 0. The van der Waals surface area contributed by atoms with Crippen molar-refractivity contribution in [2.45, 2.75) is 58.3 Å². The standard InChI is InChI=1S/C13H19N3O/c1-13(2)7-5-10(6-8-13)12-15-11(17-16-12)4-3-9-14/h10H,3-8H2,1-2H3. The summed E-state index contributed by atoms with van der Waals surface area (Å²) in [7, 11) is 0. The van der Waals surface area contributed by atoms with Crippen LogP contribution in [0.25, 0.3) is 0 Å². The molecule has 1 aromatic heterocycles. The Hall–Kier alpha value is -1.37. The Bertz CT molecular complexity index is 407. The van der Waals surface area contributed by atoms with Crippen molar-refractivity contribution >= 4 is 0 Å². The fraction of sp³-hybridized carbons (Fsp3) is 0.769. The minimum Gasteiger partial charge on any atom is -0.339 e. The highest BCUT2D eigenvalue weighted by molar-refractivity contribution is 4.99. The summed E-state index contributed by atoms with van der Waals surface area (Å²) in [4.78, 5) is 4.39.